The van der Waals surface area contributed by atoms with E-state index in [1.165, 1.54) is 24.3 Å². The molecule has 5 rings (SSSR count). The summed E-state index contributed by atoms with van der Waals surface area (Å²) in [5.74, 6) is -3.17. The fourth-order valence-corrected chi connectivity index (χ4v) is 4.20. The Morgan fingerprint density at radius 1 is 1.03 bits per heavy atom. The van der Waals surface area contributed by atoms with Gasteiger partial charge in [-0.25, -0.2) is 4.68 Å². The molecule has 1 heterocycles. The van der Waals surface area contributed by atoms with Crippen LogP contribution in [0.5, 0.6) is 0 Å². The van der Waals surface area contributed by atoms with Crippen LogP contribution in [0.25, 0.3) is 16.9 Å². The van der Waals surface area contributed by atoms with Crippen LogP contribution in [-0.2, 0) is 11.2 Å². The van der Waals surface area contributed by atoms with Crippen molar-refractivity contribution in [1.82, 2.24) is 9.78 Å². The maximum absolute atomic E-state index is 13.5. The summed E-state index contributed by atoms with van der Waals surface area (Å²) in [6, 6.07) is 24.0. The summed E-state index contributed by atoms with van der Waals surface area (Å²) in [5.41, 5.74) is 4.34. The van der Waals surface area contributed by atoms with Crippen molar-refractivity contribution in [2.45, 2.75) is 6.42 Å². The quantitative estimate of drug-likeness (QED) is 0.173. The molecule has 3 aromatic carbocycles. The maximum Gasteiger partial charge on any atom is 0.269 e. The van der Waals surface area contributed by atoms with E-state index in [9.17, 15) is 25.0 Å². The van der Waals surface area contributed by atoms with Gasteiger partial charge < -0.3 is 5.32 Å². The summed E-state index contributed by atoms with van der Waals surface area (Å²) < 4.78 is 1.68. The standard InChI is InChI=1S/C26H17N5O4/c27-15-22(26(33)28-17-10-12-19(13-11-17)31(34)35)25(32)23-21-14-16-6-4-5-9-20(16)24(21)30(29-23)18-7-2-1-3-8-18/h1-13,22H,14H2,(H,28,33). The fourth-order valence-electron chi connectivity index (χ4n) is 4.20. The highest BCUT2D eigenvalue weighted by atomic mass is 16.6. The van der Waals surface area contributed by atoms with E-state index in [1.807, 2.05) is 54.6 Å². The number of carbonyl (C=O) groups excluding carboxylic acids is 2. The largest absolute Gasteiger partial charge is 0.325 e. The fraction of sp³-hybridized carbons (Fsp3) is 0.0769. The van der Waals surface area contributed by atoms with Crippen molar-refractivity contribution in [3.8, 4) is 23.0 Å². The summed E-state index contributed by atoms with van der Waals surface area (Å²) in [7, 11) is 0. The monoisotopic (exact) mass is 463 g/mol. The summed E-state index contributed by atoms with van der Waals surface area (Å²) >= 11 is 0. The molecule has 1 aromatic heterocycles. The lowest BCUT2D eigenvalue weighted by Crippen LogP contribution is -2.29. The van der Waals surface area contributed by atoms with E-state index in [0.29, 0.717) is 12.0 Å². The van der Waals surface area contributed by atoms with Crippen molar-refractivity contribution in [1.29, 1.82) is 5.26 Å². The van der Waals surface area contributed by atoms with E-state index in [4.69, 9.17) is 0 Å². The van der Waals surface area contributed by atoms with Gasteiger partial charge in [0.2, 0.25) is 11.7 Å². The normalized spacial score (nSPS) is 12.2. The van der Waals surface area contributed by atoms with Crippen LogP contribution in [-0.4, -0.2) is 26.4 Å². The number of amides is 1. The van der Waals surface area contributed by atoms with Crippen LogP contribution in [0.3, 0.4) is 0 Å². The molecular formula is C26H17N5O4. The topological polar surface area (TPSA) is 131 Å². The highest BCUT2D eigenvalue weighted by Gasteiger charge is 2.36. The lowest BCUT2D eigenvalue weighted by molar-refractivity contribution is -0.384. The van der Waals surface area contributed by atoms with Crippen LogP contribution in [0.2, 0.25) is 0 Å². The molecule has 1 unspecified atom stereocenters. The van der Waals surface area contributed by atoms with Crippen LogP contribution in [0.15, 0.2) is 78.9 Å². The molecule has 0 fully saturated rings. The number of benzene rings is 3. The average molecular weight is 463 g/mol. The number of nitro groups is 1. The molecule has 4 aromatic rings. The SMILES string of the molecule is N#CC(C(=O)Nc1ccc([N+](=O)[O-])cc1)C(=O)c1nn(-c2ccccc2)c2c1Cc1ccccc1-2. The minimum atomic E-state index is -1.64. The van der Waals surface area contributed by atoms with Crippen LogP contribution >= 0.6 is 0 Å². The van der Waals surface area contributed by atoms with Crippen LogP contribution in [0.1, 0.15) is 21.6 Å². The number of fused-ring (bicyclic) bond motifs is 3. The lowest BCUT2D eigenvalue weighted by Gasteiger charge is -2.09. The maximum atomic E-state index is 13.5. The van der Waals surface area contributed by atoms with Crippen molar-refractivity contribution in [2.24, 2.45) is 5.92 Å². The molecule has 9 nitrogen and oxygen atoms in total. The smallest absolute Gasteiger partial charge is 0.269 e. The molecule has 0 bridgehead atoms. The average Bonchev–Trinajstić information content (AvgIpc) is 3.43. The second-order valence-corrected chi connectivity index (χ2v) is 7.98. The van der Waals surface area contributed by atoms with E-state index in [0.717, 1.165) is 22.5 Å². The van der Waals surface area contributed by atoms with Gasteiger partial charge in [-0.05, 0) is 29.8 Å². The summed E-state index contributed by atoms with van der Waals surface area (Å²) in [6.45, 7) is 0. The van der Waals surface area contributed by atoms with Gasteiger partial charge in [0, 0.05) is 35.4 Å². The van der Waals surface area contributed by atoms with E-state index >= 15 is 0 Å². The van der Waals surface area contributed by atoms with Crippen LogP contribution in [0, 0.1) is 27.4 Å². The molecule has 0 aliphatic heterocycles. The summed E-state index contributed by atoms with van der Waals surface area (Å²) in [4.78, 5) is 36.6. The van der Waals surface area contributed by atoms with Gasteiger partial charge in [-0.15, -0.1) is 0 Å². The number of carbonyl (C=O) groups is 2. The predicted octanol–water partition coefficient (Wildman–Crippen LogP) is 4.31. The number of nitriles is 1. The molecule has 1 aliphatic carbocycles. The van der Waals surface area contributed by atoms with E-state index < -0.39 is 22.5 Å². The first kappa shape index (κ1) is 21.7. The van der Waals surface area contributed by atoms with Gasteiger partial charge in [0.25, 0.3) is 5.69 Å². The molecular weight excluding hydrogens is 446 g/mol. The Morgan fingerprint density at radius 2 is 1.71 bits per heavy atom. The summed E-state index contributed by atoms with van der Waals surface area (Å²) in [6.07, 6.45) is 0.460. The number of Topliss-reactive ketones (excluding diaryl/α,β-unsaturated/α-hetero) is 1. The Bertz CT molecular complexity index is 1520. The molecule has 1 atom stereocenters. The number of rotatable bonds is 6. The Morgan fingerprint density at radius 3 is 2.40 bits per heavy atom. The van der Waals surface area contributed by atoms with Crippen LogP contribution in [0.4, 0.5) is 11.4 Å². The van der Waals surface area contributed by atoms with Gasteiger partial charge in [-0.2, -0.15) is 10.4 Å². The first-order valence-corrected chi connectivity index (χ1v) is 10.7. The van der Waals surface area contributed by atoms with E-state index in [1.54, 1.807) is 10.8 Å². The molecule has 35 heavy (non-hydrogen) atoms. The number of nitrogens with one attached hydrogen (secondary N) is 1. The molecule has 9 heteroatoms. The van der Waals surface area contributed by atoms with Crippen molar-refractivity contribution in [3.05, 3.63) is 106 Å². The predicted molar refractivity (Wildman–Crippen MR) is 127 cm³/mol. The van der Waals surface area contributed by atoms with Gasteiger partial charge in [-0.1, -0.05) is 42.5 Å². The molecule has 0 saturated heterocycles. The molecule has 0 saturated carbocycles. The highest BCUT2D eigenvalue weighted by molar-refractivity contribution is 6.16. The first-order chi connectivity index (χ1) is 17.0. The molecule has 1 aliphatic rings. The van der Waals surface area contributed by atoms with Gasteiger partial charge >= 0.3 is 0 Å². The van der Waals surface area contributed by atoms with Crippen LogP contribution < -0.4 is 5.32 Å². The third kappa shape index (κ3) is 3.83. The number of anilines is 1. The van der Waals surface area contributed by atoms with Gasteiger partial charge in [-0.3, -0.25) is 19.7 Å². The molecule has 0 radical (unpaired) electrons. The second-order valence-electron chi connectivity index (χ2n) is 7.98. The number of aromatic nitrogens is 2. The Balaban J connectivity index is 1.50. The minimum Gasteiger partial charge on any atom is -0.325 e. The Hall–Kier alpha value is -5.10. The zero-order valence-corrected chi connectivity index (χ0v) is 18.2. The van der Waals surface area contributed by atoms with Gasteiger partial charge in [0.05, 0.1) is 22.4 Å². The van der Waals surface area contributed by atoms with Gasteiger partial charge in [0.15, 0.2) is 5.92 Å². The van der Waals surface area contributed by atoms with Gasteiger partial charge in [0.1, 0.15) is 5.69 Å². The number of hydrogen-bond acceptors (Lipinski definition) is 6. The Labute approximate surface area is 199 Å². The molecule has 0 spiro atoms. The lowest BCUT2D eigenvalue weighted by atomic mass is 9.98. The highest BCUT2D eigenvalue weighted by Crippen LogP contribution is 2.40. The van der Waals surface area contributed by atoms with Crippen molar-refractivity contribution in [3.63, 3.8) is 0 Å². The third-order valence-corrected chi connectivity index (χ3v) is 5.86. The molecule has 1 amide bonds. The number of ketones is 1. The number of para-hydroxylation sites is 1. The Kier molecular flexibility index (Phi) is 5.39. The summed E-state index contributed by atoms with van der Waals surface area (Å²) in [5, 5.41) is 27.6. The zero-order valence-electron chi connectivity index (χ0n) is 18.2. The van der Waals surface area contributed by atoms with Crippen molar-refractivity contribution < 1.29 is 14.5 Å². The minimum absolute atomic E-state index is 0.0745. The number of nitrogens with zero attached hydrogens (tertiary/aromatic N) is 4. The number of non-ortho nitro benzene ring substituents is 1. The number of nitro benzene ring substituents is 1. The van der Waals surface area contributed by atoms with Crippen molar-refractivity contribution >= 4 is 23.1 Å². The second kappa shape index (κ2) is 8.68. The molecule has 1 N–H and O–H groups in total. The molecule has 170 valence electrons. The van der Waals surface area contributed by atoms with E-state index in [-0.39, 0.29) is 17.1 Å². The first-order valence-electron chi connectivity index (χ1n) is 10.7. The van der Waals surface area contributed by atoms with Crippen molar-refractivity contribution in [2.75, 3.05) is 5.32 Å². The zero-order chi connectivity index (χ0) is 24.5. The number of hydrogen-bond donors (Lipinski definition) is 1. The third-order valence-electron chi connectivity index (χ3n) is 5.86. The van der Waals surface area contributed by atoms with E-state index in [2.05, 4.69) is 10.4 Å².